The number of furan rings is 1. The van der Waals surface area contributed by atoms with E-state index in [0.717, 1.165) is 61.3 Å². The van der Waals surface area contributed by atoms with Crippen LogP contribution >= 0.6 is 11.3 Å². The van der Waals surface area contributed by atoms with Crippen molar-refractivity contribution in [2.75, 3.05) is 4.90 Å². The summed E-state index contributed by atoms with van der Waals surface area (Å²) < 4.78 is 9.54. The van der Waals surface area contributed by atoms with Crippen molar-refractivity contribution in [2.45, 2.75) is 0 Å². The lowest BCUT2D eigenvalue weighted by molar-refractivity contribution is 0.670. The van der Waals surface area contributed by atoms with Gasteiger partial charge in [0.05, 0.1) is 16.8 Å². The van der Waals surface area contributed by atoms with Gasteiger partial charge in [-0.25, -0.2) is 0 Å². The Kier molecular flexibility index (Phi) is 7.39. The summed E-state index contributed by atoms with van der Waals surface area (Å²) in [5.41, 5.74) is 11.9. The molecule has 11 rings (SSSR count). The van der Waals surface area contributed by atoms with Crippen LogP contribution in [0.25, 0.3) is 86.3 Å². The number of benzene rings is 9. The zero-order chi connectivity index (χ0) is 36.3. The van der Waals surface area contributed by atoms with E-state index in [-0.39, 0.29) is 0 Å². The average molecular weight is 720 g/mol. The second-order valence-corrected chi connectivity index (χ2v) is 15.1. The molecule has 0 spiro atoms. The minimum Gasteiger partial charge on any atom is -0.455 e. The number of rotatable bonds is 6. The minimum absolute atomic E-state index is 0.858. The third kappa shape index (κ3) is 5.24. The molecule has 0 saturated heterocycles. The summed E-state index contributed by atoms with van der Waals surface area (Å²) in [6, 6.07) is 72.1. The van der Waals surface area contributed by atoms with Gasteiger partial charge in [-0.15, -0.1) is 11.3 Å². The van der Waals surface area contributed by atoms with Crippen molar-refractivity contribution < 1.29 is 4.42 Å². The lowest BCUT2D eigenvalue weighted by Crippen LogP contribution is -2.11. The largest absolute Gasteiger partial charge is 0.455 e. The van der Waals surface area contributed by atoms with Crippen molar-refractivity contribution in [1.29, 1.82) is 0 Å². The van der Waals surface area contributed by atoms with Crippen LogP contribution in [0.3, 0.4) is 0 Å². The van der Waals surface area contributed by atoms with Gasteiger partial charge in [0.15, 0.2) is 0 Å². The maximum absolute atomic E-state index is 6.99. The zero-order valence-corrected chi connectivity index (χ0v) is 30.6. The molecule has 0 bridgehead atoms. The Morgan fingerprint density at radius 2 is 1.04 bits per heavy atom. The van der Waals surface area contributed by atoms with Gasteiger partial charge in [0.1, 0.15) is 11.2 Å². The van der Waals surface area contributed by atoms with Crippen molar-refractivity contribution in [1.82, 2.24) is 0 Å². The maximum atomic E-state index is 6.99. The first-order chi connectivity index (χ1) is 27.3. The van der Waals surface area contributed by atoms with E-state index in [4.69, 9.17) is 4.42 Å². The number of nitrogens with zero attached hydrogens (tertiary/aromatic N) is 1. The lowest BCUT2D eigenvalue weighted by Gasteiger charge is -2.29. The normalized spacial score (nSPS) is 11.6. The van der Waals surface area contributed by atoms with E-state index in [0.29, 0.717) is 0 Å². The first-order valence-corrected chi connectivity index (χ1v) is 19.5. The zero-order valence-electron chi connectivity index (χ0n) is 29.8. The summed E-state index contributed by atoms with van der Waals surface area (Å²) in [5.74, 6) is 0. The first kappa shape index (κ1) is 31.6. The molecule has 258 valence electrons. The summed E-state index contributed by atoms with van der Waals surface area (Å²) in [7, 11) is 0. The summed E-state index contributed by atoms with van der Waals surface area (Å²) in [6.07, 6.45) is 0. The van der Waals surface area contributed by atoms with Crippen molar-refractivity contribution in [2.24, 2.45) is 0 Å². The van der Waals surface area contributed by atoms with E-state index < -0.39 is 0 Å². The molecule has 0 aliphatic carbocycles. The smallest absolute Gasteiger partial charge is 0.143 e. The molecule has 3 heteroatoms. The molecule has 2 aromatic heterocycles. The molecule has 0 aliphatic rings. The fraction of sp³-hybridized carbons (Fsp3) is 0. The Hall–Kier alpha value is -6.94. The molecule has 9 aromatic carbocycles. The minimum atomic E-state index is 0.858. The lowest BCUT2D eigenvalue weighted by atomic mass is 9.94. The molecule has 0 N–H and O–H groups in total. The van der Waals surface area contributed by atoms with Crippen molar-refractivity contribution in [3.8, 4) is 33.4 Å². The molecule has 0 radical (unpaired) electrons. The highest BCUT2D eigenvalue weighted by Gasteiger charge is 2.25. The van der Waals surface area contributed by atoms with E-state index in [1.165, 1.54) is 42.1 Å². The van der Waals surface area contributed by atoms with Crippen LogP contribution in [-0.4, -0.2) is 0 Å². The van der Waals surface area contributed by atoms with Gasteiger partial charge in [-0.1, -0.05) is 152 Å². The van der Waals surface area contributed by atoms with E-state index in [1.807, 2.05) is 11.3 Å². The molecule has 0 amide bonds. The van der Waals surface area contributed by atoms with Crippen LogP contribution in [0.5, 0.6) is 0 Å². The van der Waals surface area contributed by atoms with Gasteiger partial charge >= 0.3 is 0 Å². The van der Waals surface area contributed by atoms with E-state index in [2.05, 4.69) is 205 Å². The molecule has 11 aromatic rings. The average Bonchev–Trinajstić information content (AvgIpc) is 3.84. The molecular weight excluding hydrogens is 687 g/mol. The molecular formula is C52H33NOS. The Morgan fingerprint density at radius 1 is 0.382 bits per heavy atom. The number of anilines is 3. The van der Waals surface area contributed by atoms with Crippen LogP contribution in [0.1, 0.15) is 0 Å². The molecule has 0 fully saturated rings. The number of hydrogen-bond donors (Lipinski definition) is 0. The van der Waals surface area contributed by atoms with E-state index in [9.17, 15) is 0 Å². The summed E-state index contributed by atoms with van der Waals surface area (Å²) in [4.78, 5) is 2.46. The van der Waals surface area contributed by atoms with Gasteiger partial charge in [0, 0.05) is 42.4 Å². The van der Waals surface area contributed by atoms with Crippen LogP contribution in [-0.2, 0) is 0 Å². The topological polar surface area (TPSA) is 16.4 Å². The fourth-order valence-corrected chi connectivity index (χ4v) is 9.46. The number of fused-ring (bicyclic) bond motifs is 8. The van der Waals surface area contributed by atoms with E-state index >= 15 is 0 Å². The summed E-state index contributed by atoms with van der Waals surface area (Å²) in [6.45, 7) is 0. The van der Waals surface area contributed by atoms with Gasteiger partial charge in [-0.05, 0) is 81.6 Å². The van der Waals surface area contributed by atoms with Crippen molar-refractivity contribution >= 4 is 81.3 Å². The van der Waals surface area contributed by atoms with Gasteiger partial charge in [0.25, 0.3) is 0 Å². The predicted octanol–water partition coefficient (Wildman–Crippen LogP) is 15.6. The maximum Gasteiger partial charge on any atom is 0.143 e. The molecule has 2 heterocycles. The Balaban J connectivity index is 1.25. The van der Waals surface area contributed by atoms with Gasteiger partial charge < -0.3 is 9.32 Å². The predicted molar refractivity (Wildman–Crippen MR) is 235 cm³/mol. The molecule has 2 nitrogen and oxygen atoms in total. The Morgan fingerprint density at radius 3 is 1.82 bits per heavy atom. The van der Waals surface area contributed by atoms with Crippen molar-refractivity contribution in [3.63, 3.8) is 0 Å². The van der Waals surface area contributed by atoms with Gasteiger partial charge in [-0.2, -0.15) is 0 Å². The highest BCUT2D eigenvalue weighted by Crippen LogP contribution is 2.50. The molecule has 0 unspecified atom stereocenters. The summed E-state index contributed by atoms with van der Waals surface area (Å²) in [5, 5.41) is 7.14. The third-order valence-corrected chi connectivity index (χ3v) is 12.0. The van der Waals surface area contributed by atoms with Crippen LogP contribution in [0.15, 0.2) is 205 Å². The number of thiophene rings is 1. The third-order valence-electron chi connectivity index (χ3n) is 10.8. The second-order valence-electron chi connectivity index (χ2n) is 14.0. The number of hydrogen-bond acceptors (Lipinski definition) is 3. The summed E-state index contributed by atoms with van der Waals surface area (Å²) >= 11 is 1.85. The quantitative estimate of drug-likeness (QED) is 0.170. The van der Waals surface area contributed by atoms with Crippen LogP contribution in [0.4, 0.5) is 17.1 Å². The monoisotopic (exact) mass is 719 g/mol. The molecule has 0 saturated carbocycles. The van der Waals surface area contributed by atoms with E-state index in [1.54, 1.807) is 0 Å². The van der Waals surface area contributed by atoms with Crippen molar-refractivity contribution in [3.05, 3.63) is 200 Å². The Labute approximate surface area is 322 Å². The second kappa shape index (κ2) is 12.9. The fourth-order valence-electron chi connectivity index (χ4n) is 8.32. The highest BCUT2D eigenvalue weighted by molar-refractivity contribution is 7.25. The molecule has 0 atom stereocenters. The van der Waals surface area contributed by atoms with Crippen LogP contribution in [0.2, 0.25) is 0 Å². The molecule has 0 aliphatic heterocycles. The van der Waals surface area contributed by atoms with Crippen LogP contribution < -0.4 is 4.90 Å². The van der Waals surface area contributed by atoms with Gasteiger partial charge in [-0.3, -0.25) is 0 Å². The van der Waals surface area contributed by atoms with Crippen LogP contribution in [0, 0.1) is 0 Å². The van der Waals surface area contributed by atoms with Gasteiger partial charge in [0.2, 0.25) is 0 Å². The standard InChI is InChI=1S/C52H33NOS/c1-4-15-34(16-5-1)37-27-30-45(43(31-37)35-17-6-2-7-18-35)53(39-28-29-42-41-23-12-13-26-48(41)55-49(42)33-39)46-24-14-25-47-51(46)50-40-22-11-10-21-38(40)32-44(52(50)54-47)36-19-8-3-9-20-36/h1-33H. The highest BCUT2D eigenvalue weighted by atomic mass is 32.1. The first-order valence-electron chi connectivity index (χ1n) is 18.7. The SMILES string of the molecule is c1ccc(-c2ccc(N(c3ccc4c(c3)sc3ccccc34)c3cccc4oc5c(-c6ccccc6)cc6ccccc6c5c34)c(-c3ccccc3)c2)cc1. The molecule has 55 heavy (non-hydrogen) atoms. The Bertz CT molecular complexity index is 3200.